The zero-order chi connectivity index (χ0) is 21.6. The van der Waals surface area contributed by atoms with Gasteiger partial charge in [-0.25, -0.2) is 9.97 Å². The van der Waals surface area contributed by atoms with E-state index in [1.807, 2.05) is 30.3 Å². The summed E-state index contributed by atoms with van der Waals surface area (Å²) in [6.07, 6.45) is 2.84. The molecule has 0 saturated heterocycles. The second-order valence-electron chi connectivity index (χ2n) is 7.29. The Morgan fingerprint density at radius 3 is 2.84 bits per heavy atom. The molecule has 162 valence electrons. The molecule has 0 saturated carbocycles. The van der Waals surface area contributed by atoms with Crippen molar-refractivity contribution in [3.05, 3.63) is 58.8 Å². The number of halogens is 1. The molecule has 0 aliphatic rings. The van der Waals surface area contributed by atoms with E-state index in [1.54, 1.807) is 19.1 Å². The summed E-state index contributed by atoms with van der Waals surface area (Å²) in [6, 6.07) is 16.4. The highest BCUT2D eigenvalue weighted by Crippen LogP contribution is 2.29. The Hall–Kier alpha value is -2.13. The molecule has 0 unspecified atom stereocenters. The maximum Gasteiger partial charge on any atom is 0.152 e. The van der Waals surface area contributed by atoms with E-state index >= 15 is 0 Å². The molecule has 0 bridgehead atoms. The number of nitrogens with one attached hydrogen (secondary N) is 1. The van der Waals surface area contributed by atoms with Crippen LogP contribution in [0.1, 0.15) is 18.7 Å². The number of unbranched alkanes of at least 4 members (excludes halogenated alkanes) is 1. The Kier molecular flexibility index (Phi) is 7.45. The van der Waals surface area contributed by atoms with Gasteiger partial charge in [-0.2, -0.15) is 0 Å². The van der Waals surface area contributed by atoms with Crippen LogP contribution in [0.2, 0.25) is 0 Å². The number of ether oxygens (including phenoxy) is 1. The number of pyridine rings is 1. The molecule has 0 spiro atoms. The van der Waals surface area contributed by atoms with Crippen molar-refractivity contribution in [2.75, 3.05) is 26.0 Å². The quantitative estimate of drug-likeness (QED) is 0.230. The molecule has 0 fully saturated rings. The number of rotatable bonds is 10. The number of methoxy groups -OCH3 is 1. The Morgan fingerprint density at radius 1 is 1.13 bits per heavy atom. The van der Waals surface area contributed by atoms with Crippen molar-refractivity contribution in [1.29, 1.82) is 0 Å². The fraction of sp³-hybridized carbons (Fsp3) is 0.304. The van der Waals surface area contributed by atoms with Crippen molar-refractivity contribution in [1.82, 2.24) is 19.3 Å². The Labute approximate surface area is 194 Å². The normalized spacial score (nSPS) is 11.5. The summed E-state index contributed by atoms with van der Waals surface area (Å²) in [4.78, 5) is 10.6. The second kappa shape index (κ2) is 10.5. The maximum absolute atomic E-state index is 6.26. The van der Waals surface area contributed by atoms with Crippen molar-refractivity contribution in [3.8, 4) is 0 Å². The van der Waals surface area contributed by atoms with Crippen molar-refractivity contribution >= 4 is 55.6 Å². The predicted octanol–water partition coefficient (Wildman–Crippen LogP) is 5.20. The number of imidazole rings is 1. The lowest BCUT2D eigenvalue weighted by Gasteiger charge is -2.11. The third kappa shape index (κ3) is 5.20. The molecule has 0 atom stereocenters. The van der Waals surface area contributed by atoms with Crippen LogP contribution in [0.4, 0.5) is 5.82 Å². The van der Waals surface area contributed by atoms with Crippen molar-refractivity contribution in [2.45, 2.75) is 30.7 Å². The molecule has 4 aromatic rings. The van der Waals surface area contributed by atoms with Crippen LogP contribution in [0.3, 0.4) is 0 Å². The van der Waals surface area contributed by atoms with E-state index in [0.717, 1.165) is 64.6 Å². The Balaban J connectivity index is 1.47. The molecule has 0 aliphatic heterocycles. The van der Waals surface area contributed by atoms with Crippen molar-refractivity contribution in [3.63, 3.8) is 0 Å². The number of hydrogen-bond acceptors (Lipinski definition) is 6. The fourth-order valence-electron chi connectivity index (χ4n) is 3.66. The van der Waals surface area contributed by atoms with Gasteiger partial charge in [-0.15, -0.1) is 0 Å². The van der Waals surface area contributed by atoms with Crippen molar-refractivity contribution < 1.29 is 4.74 Å². The summed E-state index contributed by atoms with van der Waals surface area (Å²) < 4.78 is 12.2. The highest BCUT2D eigenvalue weighted by Gasteiger charge is 2.16. The first-order valence-electron chi connectivity index (χ1n) is 10.3. The zero-order valence-electron chi connectivity index (χ0n) is 17.5. The monoisotopic (exact) mass is 499 g/mol. The SMILES string of the molecule is COCCc1nc2c(N)nc3ccccc3c2n1CCCCNSc1cccc(Br)c1. The number of nitrogens with two attached hydrogens (primary N) is 1. The molecule has 8 heteroatoms. The molecule has 4 rings (SSSR count). The lowest BCUT2D eigenvalue weighted by Crippen LogP contribution is -2.10. The van der Waals surface area contributed by atoms with Crippen LogP contribution in [0, 0.1) is 0 Å². The summed E-state index contributed by atoms with van der Waals surface area (Å²) in [6.45, 7) is 2.44. The van der Waals surface area contributed by atoms with E-state index < -0.39 is 0 Å². The Morgan fingerprint density at radius 2 is 2.00 bits per heavy atom. The standard InChI is InChI=1S/C23H26BrN5OS/c1-30-14-11-20-28-21-22(18-9-2-3-10-19(18)27-23(21)25)29(20)13-5-4-12-26-31-17-8-6-7-16(24)15-17/h2-3,6-10,15,26H,4-5,11-14H2,1H3,(H2,25,27). The van der Waals surface area contributed by atoms with E-state index in [-0.39, 0.29) is 0 Å². The minimum atomic E-state index is 0.484. The van der Waals surface area contributed by atoms with Crippen LogP contribution in [0.25, 0.3) is 21.9 Å². The van der Waals surface area contributed by atoms with Crippen LogP contribution in [0.15, 0.2) is 57.9 Å². The average molecular weight is 500 g/mol. The number of para-hydroxylation sites is 1. The fourth-order valence-corrected chi connectivity index (χ4v) is 4.96. The molecule has 31 heavy (non-hydrogen) atoms. The van der Waals surface area contributed by atoms with Gasteiger partial charge in [-0.1, -0.05) is 40.2 Å². The third-order valence-electron chi connectivity index (χ3n) is 5.12. The smallest absolute Gasteiger partial charge is 0.152 e. The highest BCUT2D eigenvalue weighted by molar-refractivity contribution is 9.10. The molecule has 0 aliphatic carbocycles. The summed E-state index contributed by atoms with van der Waals surface area (Å²) in [5.41, 5.74) is 9.02. The number of benzene rings is 2. The Bertz CT molecular complexity index is 1180. The van der Waals surface area contributed by atoms with Gasteiger partial charge in [-0.05, 0) is 49.1 Å². The van der Waals surface area contributed by atoms with Crippen LogP contribution >= 0.6 is 27.9 Å². The number of nitrogens with zero attached hydrogens (tertiary/aromatic N) is 3. The first-order chi connectivity index (χ1) is 15.2. The van der Waals surface area contributed by atoms with Gasteiger partial charge in [0.1, 0.15) is 11.3 Å². The number of anilines is 1. The molecule has 2 aromatic carbocycles. The molecule has 6 nitrogen and oxygen atoms in total. The number of fused-ring (bicyclic) bond motifs is 3. The van der Waals surface area contributed by atoms with Gasteiger partial charge in [0.2, 0.25) is 0 Å². The van der Waals surface area contributed by atoms with Gasteiger partial charge < -0.3 is 15.0 Å². The number of hydrogen-bond donors (Lipinski definition) is 2. The zero-order valence-corrected chi connectivity index (χ0v) is 19.9. The van der Waals surface area contributed by atoms with Crippen LogP contribution in [-0.4, -0.2) is 34.8 Å². The van der Waals surface area contributed by atoms with Crippen LogP contribution in [-0.2, 0) is 17.7 Å². The predicted molar refractivity (Wildman–Crippen MR) is 132 cm³/mol. The number of nitrogen functional groups attached to an aromatic ring is 1. The number of aryl methyl sites for hydroxylation is 1. The molecule has 3 N–H and O–H groups in total. The van der Waals surface area contributed by atoms with E-state index in [2.05, 4.69) is 48.4 Å². The van der Waals surface area contributed by atoms with E-state index in [9.17, 15) is 0 Å². The van der Waals surface area contributed by atoms with E-state index in [1.165, 1.54) is 4.90 Å². The van der Waals surface area contributed by atoms with Crippen LogP contribution in [0.5, 0.6) is 0 Å². The molecule has 2 heterocycles. The summed E-state index contributed by atoms with van der Waals surface area (Å²) in [5.74, 6) is 1.48. The van der Waals surface area contributed by atoms with Crippen LogP contribution < -0.4 is 10.5 Å². The molecular weight excluding hydrogens is 474 g/mol. The lowest BCUT2D eigenvalue weighted by molar-refractivity contribution is 0.199. The summed E-state index contributed by atoms with van der Waals surface area (Å²) in [7, 11) is 1.72. The first kappa shape index (κ1) is 22.1. The number of aromatic nitrogens is 3. The third-order valence-corrected chi connectivity index (χ3v) is 6.45. The molecular formula is C23H26BrN5OS. The van der Waals surface area contributed by atoms with Gasteiger partial charge in [0, 0.05) is 41.4 Å². The summed E-state index contributed by atoms with van der Waals surface area (Å²) >= 11 is 5.18. The lowest BCUT2D eigenvalue weighted by atomic mass is 10.2. The maximum atomic E-state index is 6.26. The van der Waals surface area contributed by atoms with E-state index in [0.29, 0.717) is 12.4 Å². The first-order valence-corrected chi connectivity index (χ1v) is 12.0. The minimum Gasteiger partial charge on any atom is -0.384 e. The molecule has 0 radical (unpaired) electrons. The molecule has 0 amide bonds. The van der Waals surface area contributed by atoms with Gasteiger partial charge in [0.15, 0.2) is 5.82 Å². The topological polar surface area (TPSA) is 78.0 Å². The van der Waals surface area contributed by atoms with Crippen molar-refractivity contribution in [2.24, 2.45) is 0 Å². The minimum absolute atomic E-state index is 0.484. The van der Waals surface area contributed by atoms with Gasteiger partial charge in [0.05, 0.1) is 17.6 Å². The highest BCUT2D eigenvalue weighted by atomic mass is 79.9. The summed E-state index contributed by atoms with van der Waals surface area (Å²) in [5, 5.41) is 1.09. The second-order valence-corrected chi connectivity index (χ2v) is 9.17. The van der Waals surface area contributed by atoms with Gasteiger partial charge in [0.25, 0.3) is 0 Å². The largest absolute Gasteiger partial charge is 0.384 e. The average Bonchev–Trinajstić information content (AvgIpc) is 3.14. The van der Waals surface area contributed by atoms with E-state index in [4.69, 9.17) is 15.5 Å². The van der Waals surface area contributed by atoms with Gasteiger partial charge >= 0.3 is 0 Å². The molecule has 2 aromatic heterocycles. The van der Waals surface area contributed by atoms with Gasteiger partial charge in [-0.3, -0.25) is 4.72 Å².